The second kappa shape index (κ2) is 8.17. The number of hydrogen-bond acceptors (Lipinski definition) is 3. The number of hydrogen-bond donors (Lipinski definition) is 0. The van der Waals surface area contributed by atoms with E-state index in [-0.39, 0.29) is 6.04 Å². The number of benzene rings is 2. The van der Waals surface area contributed by atoms with Crippen molar-refractivity contribution in [1.82, 2.24) is 4.31 Å². The lowest BCUT2D eigenvalue weighted by molar-refractivity contribution is 0.128. The van der Waals surface area contributed by atoms with Gasteiger partial charge in [-0.3, -0.25) is 4.31 Å². The fraction of sp³-hybridized carbons (Fsp3) is 0.364. The van der Waals surface area contributed by atoms with Crippen LogP contribution in [0, 0.1) is 12.8 Å². The Bertz CT molecular complexity index is 887. The van der Waals surface area contributed by atoms with Gasteiger partial charge in [-0.15, -0.1) is 0 Å². The second-order valence-corrected chi connectivity index (χ2v) is 9.32. The number of rotatable bonds is 6. The SMILES string of the molecule is Cc1ccc(S(=O)(=O)N2C(Cc3ccccc3)=COC[C@@H]2CC(C)C)cc1. The molecule has 0 N–H and O–H groups in total. The summed E-state index contributed by atoms with van der Waals surface area (Å²) in [5, 5.41) is 0. The standard InChI is InChI=1S/C22H27NO3S/c1-17(2)13-20-15-26-16-21(14-19-7-5-4-6-8-19)23(20)27(24,25)22-11-9-18(3)10-12-22/h4-12,16-17,20H,13-15H2,1-3H3/t20-/m0/s1. The quantitative estimate of drug-likeness (QED) is 0.735. The van der Waals surface area contributed by atoms with Crippen LogP contribution in [0.3, 0.4) is 0 Å². The van der Waals surface area contributed by atoms with Crippen LogP contribution in [0.2, 0.25) is 0 Å². The van der Waals surface area contributed by atoms with E-state index < -0.39 is 10.0 Å². The minimum Gasteiger partial charge on any atom is -0.497 e. The number of ether oxygens (including phenoxy) is 1. The maximum absolute atomic E-state index is 13.5. The molecule has 144 valence electrons. The molecule has 0 fully saturated rings. The Labute approximate surface area is 162 Å². The summed E-state index contributed by atoms with van der Waals surface area (Å²) in [4.78, 5) is 0.322. The van der Waals surface area contributed by atoms with Gasteiger partial charge in [0.05, 0.1) is 16.6 Å². The molecular formula is C22H27NO3S. The molecule has 4 nitrogen and oxygen atoms in total. The van der Waals surface area contributed by atoms with Gasteiger partial charge in [0.1, 0.15) is 12.9 Å². The minimum atomic E-state index is -3.66. The van der Waals surface area contributed by atoms with Gasteiger partial charge in [0.15, 0.2) is 0 Å². The van der Waals surface area contributed by atoms with Crippen molar-refractivity contribution < 1.29 is 13.2 Å². The summed E-state index contributed by atoms with van der Waals surface area (Å²) in [5.41, 5.74) is 2.77. The number of allylic oxidation sites excluding steroid dienone is 1. The zero-order valence-corrected chi connectivity index (χ0v) is 16.9. The number of nitrogens with zero attached hydrogens (tertiary/aromatic N) is 1. The van der Waals surface area contributed by atoms with Gasteiger partial charge in [0, 0.05) is 6.42 Å². The lowest BCUT2D eigenvalue weighted by Crippen LogP contribution is -2.45. The van der Waals surface area contributed by atoms with E-state index in [1.807, 2.05) is 49.4 Å². The second-order valence-electron chi connectivity index (χ2n) is 7.50. The van der Waals surface area contributed by atoms with Gasteiger partial charge in [0.2, 0.25) is 0 Å². The van der Waals surface area contributed by atoms with Gasteiger partial charge in [-0.05, 0) is 37.0 Å². The molecule has 0 aromatic heterocycles. The van der Waals surface area contributed by atoms with Crippen molar-refractivity contribution >= 4 is 10.0 Å². The van der Waals surface area contributed by atoms with Crippen molar-refractivity contribution in [2.45, 2.75) is 44.6 Å². The normalized spacial score (nSPS) is 17.6. The van der Waals surface area contributed by atoms with Crippen molar-refractivity contribution in [2.24, 2.45) is 5.92 Å². The fourth-order valence-electron chi connectivity index (χ4n) is 3.42. The fourth-order valence-corrected chi connectivity index (χ4v) is 5.08. The first kappa shape index (κ1) is 19.5. The summed E-state index contributed by atoms with van der Waals surface area (Å²) in [5.74, 6) is 0.366. The molecule has 0 amide bonds. The Morgan fingerprint density at radius 1 is 1.07 bits per heavy atom. The molecule has 1 heterocycles. The molecule has 2 aromatic rings. The van der Waals surface area contributed by atoms with Crippen molar-refractivity contribution in [2.75, 3.05) is 6.61 Å². The number of sulfonamides is 1. The average Bonchev–Trinajstić information content (AvgIpc) is 2.62. The van der Waals surface area contributed by atoms with Crippen LogP contribution in [0.1, 0.15) is 31.4 Å². The predicted molar refractivity (Wildman–Crippen MR) is 108 cm³/mol. The highest BCUT2D eigenvalue weighted by atomic mass is 32.2. The predicted octanol–water partition coefficient (Wildman–Crippen LogP) is 4.51. The molecular weight excluding hydrogens is 358 g/mol. The van der Waals surface area contributed by atoms with E-state index in [0.717, 1.165) is 17.5 Å². The zero-order chi connectivity index (χ0) is 19.4. The molecule has 1 atom stereocenters. The van der Waals surface area contributed by atoms with Crippen LogP contribution in [0.5, 0.6) is 0 Å². The molecule has 1 aliphatic rings. The molecule has 0 radical (unpaired) electrons. The van der Waals surface area contributed by atoms with Crippen molar-refractivity contribution in [3.05, 3.63) is 77.7 Å². The Hall–Kier alpha value is -2.27. The van der Waals surface area contributed by atoms with E-state index in [0.29, 0.717) is 29.5 Å². The van der Waals surface area contributed by atoms with Gasteiger partial charge in [-0.1, -0.05) is 61.9 Å². The molecule has 0 aliphatic carbocycles. The van der Waals surface area contributed by atoms with Crippen LogP contribution < -0.4 is 0 Å². The van der Waals surface area contributed by atoms with E-state index in [9.17, 15) is 8.42 Å². The minimum absolute atomic E-state index is 0.208. The highest BCUT2D eigenvalue weighted by Gasteiger charge is 2.36. The van der Waals surface area contributed by atoms with E-state index in [2.05, 4.69) is 13.8 Å². The largest absolute Gasteiger partial charge is 0.497 e. The molecule has 3 rings (SSSR count). The zero-order valence-electron chi connectivity index (χ0n) is 16.1. The van der Waals surface area contributed by atoms with Gasteiger partial charge < -0.3 is 4.74 Å². The van der Waals surface area contributed by atoms with Gasteiger partial charge in [0.25, 0.3) is 10.0 Å². The van der Waals surface area contributed by atoms with Crippen LogP contribution in [0.25, 0.3) is 0 Å². The lowest BCUT2D eigenvalue weighted by atomic mass is 10.0. The Balaban J connectivity index is 2.01. The van der Waals surface area contributed by atoms with Crippen molar-refractivity contribution in [3.8, 4) is 0 Å². The summed E-state index contributed by atoms with van der Waals surface area (Å²) in [6, 6.07) is 16.7. The van der Waals surface area contributed by atoms with Crippen molar-refractivity contribution in [3.63, 3.8) is 0 Å². The number of aryl methyl sites for hydroxylation is 1. The first-order valence-electron chi connectivity index (χ1n) is 9.33. The molecule has 5 heteroatoms. The summed E-state index contributed by atoms with van der Waals surface area (Å²) < 4.78 is 34.3. The maximum atomic E-state index is 13.5. The molecule has 0 bridgehead atoms. The maximum Gasteiger partial charge on any atom is 0.264 e. The first-order valence-corrected chi connectivity index (χ1v) is 10.8. The van der Waals surface area contributed by atoms with Gasteiger partial charge >= 0.3 is 0 Å². The summed E-state index contributed by atoms with van der Waals surface area (Å²) in [6.07, 6.45) is 2.87. The van der Waals surface area contributed by atoms with Crippen LogP contribution >= 0.6 is 0 Å². The van der Waals surface area contributed by atoms with Crippen LogP contribution in [-0.2, 0) is 21.2 Å². The van der Waals surface area contributed by atoms with E-state index in [1.54, 1.807) is 22.7 Å². The molecule has 27 heavy (non-hydrogen) atoms. The van der Waals surface area contributed by atoms with E-state index in [4.69, 9.17) is 4.74 Å². The monoisotopic (exact) mass is 385 g/mol. The average molecular weight is 386 g/mol. The molecule has 2 aromatic carbocycles. The smallest absolute Gasteiger partial charge is 0.264 e. The third-order valence-corrected chi connectivity index (χ3v) is 6.59. The Morgan fingerprint density at radius 3 is 2.37 bits per heavy atom. The molecule has 0 saturated carbocycles. The Kier molecular flexibility index (Phi) is 5.90. The summed E-state index contributed by atoms with van der Waals surface area (Å²) >= 11 is 0. The van der Waals surface area contributed by atoms with E-state index in [1.165, 1.54) is 0 Å². The topological polar surface area (TPSA) is 46.6 Å². The third-order valence-electron chi connectivity index (χ3n) is 4.67. The molecule has 0 unspecified atom stereocenters. The highest BCUT2D eigenvalue weighted by Crippen LogP contribution is 2.31. The lowest BCUT2D eigenvalue weighted by Gasteiger charge is -2.38. The van der Waals surface area contributed by atoms with Crippen molar-refractivity contribution in [1.29, 1.82) is 0 Å². The highest BCUT2D eigenvalue weighted by molar-refractivity contribution is 7.89. The first-order chi connectivity index (χ1) is 12.9. The summed E-state index contributed by atoms with van der Waals surface area (Å²) in [6.45, 7) is 6.53. The van der Waals surface area contributed by atoms with Crippen LogP contribution in [0.15, 0.2) is 71.5 Å². The van der Waals surface area contributed by atoms with Gasteiger partial charge in [-0.25, -0.2) is 8.42 Å². The molecule has 0 spiro atoms. The van der Waals surface area contributed by atoms with Crippen LogP contribution in [0.4, 0.5) is 0 Å². The molecule has 0 saturated heterocycles. The Morgan fingerprint density at radius 2 is 1.74 bits per heavy atom. The van der Waals surface area contributed by atoms with E-state index >= 15 is 0 Å². The summed E-state index contributed by atoms with van der Waals surface area (Å²) in [7, 11) is -3.66. The van der Waals surface area contributed by atoms with Gasteiger partial charge in [-0.2, -0.15) is 0 Å². The van der Waals surface area contributed by atoms with Crippen LogP contribution in [-0.4, -0.2) is 25.4 Å². The molecule has 1 aliphatic heterocycles. The third kappa shape index (κ3) is 4.53.